The summed E-state index contributed by atoms with van der Waals surface area (Å²) in [5.41, 5.74) is 0.431. The van der Waals surface area contributed by atoms with Gasteiger partial charge in [0.2, 0.25) is 0 Å². The maximum Gasteiger partial charge on any atom is 0.117 e. The molecule has 1 unspecified atom stereocenters. The Morgan fingerprint density at radius 1 is 1.40 bits per heavy atom. The first-order chi connectivity index (χ1) is 6.97. The third-order valence-corrected chi connectivity index (χ3v) is 2.53. The van der Waals surface area contributed by atoms with Crippen LogP contribution < -0.4 is 5.32 Å². The second-order valence-electron chi connectivity index (χ2n) is 5.46. The molecule has 2 nitrogen and oxygen atoms in total. The zero-order chi connectivity index (χ0) is 11.3. The standard InChI is InChI=1S/C13H23NO/c1-11(7-8-13(2,3)4)14-10-12-6-5-9-15-12/h5-6,9,11,14H,7-8,10H2,1-4H3. The highest BCUT2D eigenvalue weighted by Crippen LogP contribution is 2.21. The molecule has 0 spiro atoms. The third-order valence-electron chi connectivity index (χ3n) is 2.53. The number of nitrogens with one attached hydrogen (secondary N) is 1. The summed E-state index contributed by atoms with van der Waals surface area (Å²) in [6.07, 6.45) is 4.18. The van der Waals surface area contributed by atoms with Crippen LogP contribution in [0, 0.1) is 5.41 Å². The smallest absolute Gasteiger partial charge is 0.117 e. The number of hydrogen-bond acceptors (Lipinski definition) is 2. The predicted molar refractivity (Wildman–Crippen MR) is 63.7 cm³/mol. The Morgan fingerprint density at radius 2 is 2.13 bits per heavy atom. The van der Waals surface area contributed by atoms with Crippen LogP contribution in [0.4, 0.5) is 0 Å². The van der Waals surface area contributed by atoms with Crippen LogP contribution in [-0.4, -0.2) is 6.04 Å². The normalized spacial score (nSPS) is 14.1. The molecular weight excluding hydrogens is 186 g/mol. The van der Waals surface area contributed by atoms with Crippen LogP contribution in [-0.2, 0) is 6.54 Å². The van der Waals surface area contributed by atoms with Gasteiger partial charge in [-0.25, -0.2) is 0 Å². The molecule has 0 fully saturated rings. The van der Waals surface area contributed by atoms with Crippen molar-refractivity contribution in [3.05, 3.63) is 24.2 Å². The van der Waals surface area contributed by atoms with Crippen LogP contribution in [0.1, 0.15) is 46.3 Å². The van der Waals surface area contributed by atoms with Crippen LogP contribution >= 0.6 is 0 Å². The summed E-state index contributed by atoms with van der Waals surface area (Å²) in [5, 5.41) is 3.46. The second-order valence-corrected chi connectivity index (χ2v) is 5.46. The monoisotopic (exact) mass is 209 g/mol. The summed E-state index contributed by atoms with van der Waals surface area (Å²) in [6.45, 7) is 9.91. The van der Waals surface area contributed by atoms with Gasteiger partial charge in [-0.15, -0.1) is 0 Å². The van der Waals surface area contributed by atoms with Crippen LogP contribution in [0.3, 0.4) is 0 Å². The van der Waals surface area contributed by atoms with Crippen LogP contribution in [0.15, 0.2) is 22.8 Å². The van der Waals surface area contributed by atoms with Gasteiger partial charge in [0.05, 0.1) is 12.8 Å². The summed E-state index contributed by atoms with van der Waals surface area (Å²) >= 11 is 0. The van der Waals surface area contributed by atoms with Gasteiger partial charge in [-0.05, 0) is 37.3 Å². The molecule has 1 N–H and O–H groups in total. The van der Waals surface area contributed by atoms with Crippen molar-refractivity contribution in [1.29, 1.82) is 0 Å². The van der Waals surface area contributed by atoms with Gasteiger partial charge in [0, 0.05) is 6.04 Å². The van der Waals surface area contributed by atoms with Gasteiger partial charge in [-0.3, -0.25) is 0 Å². The molecule has 1 aromatic heterocycles. The second kappa shape index (κ2) is 5.36. The van der Waals surface area contributed by atoms with Crippen molar-refractivity contribution in [1.82, 2.24) is 5.32 Å². The summed E-state index contributed by atoms with van der Waals surface area (Å²) in [5.74, 6) is 1.01. The van der Waals surface area contributed by atoms with Crippen molar-refractivity contribution in [2.75, 3.05) is 0 Å². The van der Waals surface area contributed by atoms with E-state index in [1.807, 2.05) is 12.1 Å². The molecule has 15 heavy (non-hydrogen) atoms. The van der Waals surface area contributed by atoms with Gasteiger partial charge in [-0.1, -0.05) is 20.8 Å². The quantitative estimate of drug-likeness (QED) is 0.801. The number of rotatable bonds is 5. The minimum atomic E-state index is 0.431. The molecule has 0 saturated heterocycles. The zero-order valence-corrected chi connectivity index (χ0v) is 10.3. The van der Waals surface area contributed by atoms with E-state index in [-0.39, 0.29) is 0 Å². The Morgan fingerprint density at radius 3 is 2.67 bits per heavy atom. The SMILES string of the molecule is CC(CCC(C)(C)C)NCc1ccco1. The van der Waals surface area contributed by atoms with E-state index < -0.39 is 0 Å². The van der Waals surface area contributed by atoms with Gasteiger partial charge >= 0.3 is 0 Å². The van der Waals surface area contributed by atoms with Gasteiger partial charge in [-0.2, -0.15) is 0 Å². The Labute approximate surface area is 93.1 Å². The van der Waals surface area contributed by atoms with E-state index in [9.17, 15) is 0 Å². The van der Waals surface area contributed by atoms with E-state index in [1.165, 1.54) is 12.8 Å². The average Bonchev–Trinajstić information content (AvgIpc) is 2.62. The molecule has 0 bridgehead atoms. The van der Waals surface area contributed by atoms with E-state index in [4.69, 9.17) is 4.42 Å². The van der Waals surface area contributed by atoms with E-state index in [1.54, 1.807) is 6.26 Å². The van der Waals surface area contributed by atoms with Crippen LogP contribution in [0.5, 0.6) is 0 Å². The Balaban J connectivity index is 2.16. The molecule has 1 aromatic rings. The van der Waals surface area contributed by atoms with E-state index >= 15 is 0 Å². The Bertz CT molecular complexity index is 259. The lowest BCUT2D eigenvalue weighted by atomic mass is 9.89. The van der Waals surface area contributed by atoms with Crippen molar-refractivity contribution in [2.45, 2.75) is 53.1 Å². The van der Waals surface area contributed by atoms with Crippen LogP contribution in [0.25, 0.3) is 0 Å². The van der Waals surface area contributed by atoms with Crippen molar-refractivity contribution in [2.24, 2.45) is 5.41 Å². The van der Waals surface area contributed by atoms with E-state index in [0.717, 1.165) is 12.3 Å². The Hall–Kier alpha value is -0.760. The highest BCUT2D eigenvalue weighted by molar-refractivity contribution is 4.97. The topological polar surface area (TPSA) is 25.2 Å². The van der Waals surface area contributed by atoms with Crippen LogP contribution in [0.2, 0.25) is 0 Å². The maximum atomic E-state index is 5.27. The molecule has 1 heterocycles. The summed E-state index contributed by atoms with van der Waals surface area (Å²) in [7, 11) is 0. The fraction of sp³-hybridized carbons (Fsp3) is 0.692. The molecule has 1 rings (SSSR count). The van der Waals surface area contributed by atoms with Gasteiger partial charge < -0.3 is 9.73 Å². The molecule has 0 radical (unpaired) electrons. The Kier molecular flexibility index (Phi) is 4.40. The first kappa shape index (κ1) is 12.3. The van der Waals surface area contributed by atoms with E-state index in [2.05, 4.69) is 33.0 Å². The number of hydrogen-bond donors (Lipinski definition) is 1. The lowest BCUT2D eigenvalue weighted by Gasteiger charge is -2.21. The molecule has 0 saturated carbocycles. The average molecular weight is 209 g/mol. The highest BCUT2D eigenvalue weighted by atomic mass is 16.3. The van der Waals surface area contributed by atoms with Gasteiger partial charge in [0.15, 0.2) is 0 Å². The molecule has 2 heteroatoms. The van der Waals surface area contributed by atoms with Gasteiger partial charge in [0.25, 0.3) is 0 Å². The minimum Gasteiger partial charge on any atom is -0.468 e. The van der Waals surface area contributed by atoms with Crippen molar-refractivity contribution < 1.29 is 4.42 Å². The number of furan rings is 1. The fourth-order valence-corrected chi connectivity index (χ4v) is 1.44. The molecule has 0 aromatic carbocycles. The molecule has 0 aliphatic heterocycles. The minimum absolute atomic E-state index is 0.431. The molecule has 86 valence electrons. The molecule has 0 aliphatic carbocycles. The lowest BCUT2D eigenvalue weighted by molar-refractivity contribution is 0.332. The lowest BCUT2D eigenvalue weighted by Crippen LogP contribution is -2.26. The van der Waals surface area contributed by atoms with Crippen molar-refractivity contribution >= 4 is 0 Å². The van der Waals surface area contributed by atoms with Gasteiger partial charge in [0.1, 0.15) is 5.76 Å². The highest BCUT2D eigenvalue weighted by Gasteiger charge is 2.12. The zero-order valence-electron chi connectivity index (χ0n) is 10.3. The summed E-state index contributed by atoms with van der Waals surface area (Å²) in [6, 6.07) is 4.48. The fourth-order valence-electron chi connectivity index (χ4n) is 1.44. The molecular formula is C13H23NO. The summed E-state index contributed by atoms with van der Waals surface area (Å²) in [4.78, 5) is 0. The third kappa shape index (κ3) is 5.63. The summed E-state index contributed by atoms with van der Waals surface area (Å²) < 4.78 is 5.27. The maximum absolute atomic E-state index is 5.27. The van der Waals surface area contributed by atoms with E-state index in [0.29, 0.717) is 11.5 Å². The predicted octanol–water partition coefficient (Wildman–Crippen LogP) is 3.58. The molecule has 0 aliphatic rings. The first-order valence-corrected chi connectivity index (χ1v) is 5.73. The first-order valence-electron chi connectivity index (χ1n) is 5.73. The molecule has 1 atom stereocenters. The van der Waals surface area contributed by atoms with Crippen molar-refractivity contribution in [3.63, 3.8) is 0 Å². The molecule has 0 amide bonds. The van der Waals surface area contributed by atoms with Crippen molar-refractivity contribution in [3.8, 4) is 0 Å². The largest absolute Gasteiger partial charge is 0.468 e.